The van der Waals surface area contributed by atoms with E-state index in [0.717, 1.165) is 15.3 Å². The van der Waals surface area contributed by atoms with Gasteiger partial charge < -0.3 is 10.5 Å². The molecule has 0 bridgehead atoms. The molecule has 0 aliphatic carbocycles. The van der Waals surface area contributed by atoms with E-state index in [1.54, 1.807) is 18.3 Å². The summed E-state index contributed by atoms with van der Waals surface area (Å²) in [5.74, 6) is -0.154. The van der Waals surface area contributed by atoms with Crippen molar-refractivity contribution >= 4 is 45.9 Å². The molecule has 2 aromatic heterocycles. The Morgan fingerprint density at radius 2 is 2.15 bits per heavy atom. The molecule has 0 amide bonds. The normalized spacial score (nSPS) is 11.1. The zero-order chi connectivity index (χ0) is 14.9. The van der Waals surface area contributed by atoms with Crippen LogP contribution in [0.2, 0.25) is 5.02 Å². The minimum atomic E-state index is -0.365. The number of nitrogens with two attached hydrogens (primary N) is 1. The number of carbonyl (C=O) groups excluding carboxylic acids is 1. The van der Waals surface area contributed by atoms with Crippen LogP contribution in [-0.4, -0.2) is 12.6 Å². The average Bonchev–Trinajstić information content (AvgIpc) is 2.93. The lowest BCUT2D eigenvalue weighted by Crippen LogP contribution is -2.06. The maximum absolute atomic E-state index is 12.0. The van der Waals surface area contributed by atoms with Crippen LogP contribution in [0.15, 0.2) is 11.4 Å². The molecule has 0 spiro atoms. The van der Waals surface area contributed by atoms with Gasteiger partial charge in [0.25, 0.3) is 0 Å². The number of esters is 1. The van der Waals surface area contributed by atoms with E-state index in [1.165, 1.54) is 11.3 Å². The summed E-state index contributed by atoms with van der Waals surface area (Å²) in [5, 5.41) is 2.62. The number of hydrogen-bond acceptors (Lipinski definition) is 5. The predicted octanol–water partition coefficient (Wildman–Crippen LogP) is 5.01. The molecule has 2 aromatic rings. The number of halogens is 1. The smallest absolute Gasteiger partial charge is 0.350 e. The van der Waals surface area contributed by atoms with Gasteiger partial charge in [0.05, 0.1) is 27.1 Å². The van der Waals surface area contributed by atoms with Crippen LogP contribution in [0.1, 0.15) is 41.9 Å². The molecule has 108 valence electrons. The number of ether oxygens (including phenoxy) is 1. The third kappa shape index (κ3) is 2.71. The summed E-state index contributed by atoms with van der Waals surface area (Å²) in [4.78, 5) is 14.4. The molecule has 0 atom stereocenters. The SMILES string of the molecule is CCOC(=O)c1sc(-c2sccc2Cl)c(C(C)C)c1N. The van der Waals surface area contributed by atoms with Gasteiger partial charge in [0.2, 0.25) is 0 Å². The highest BCUT2D eigenvalue weighted by Crippen LogP contribution is 2.46. The Morgan fingerprint density at radius 3 is 2.65 bits per heavy atom. The Kier molecular flexibility index (Phi) is 4.73. The Morgan fingerprint density at radius 1 is 1.45 bits per heavy atom. The van der Waals surface area contributed by atoms with Crippen LogP contribution in [0.4, 0.5) is 5.69 Å². The van der Waals surface area contributed by atoms with Crippen LogP contribution in [0.3, 0.4) is 0 Å². The zero-order valence-corrected chi connectivity index (χ0v) is 13.9. The molecular weight excluding hydrogens is 314 g/mol. The number of hydrogen-bond donors (Lipinski definition) is 1. The van der Waals surface area contributed by atoms with Crippen LogP contribution in [0.25, 0.3) is 9.75 Å². The number of rotatable bonds is 4. The lowest BCUT2D eigenvalue weighted by Gasteiger charge is -2.08. The summed E-state index contributed by atoms with van der Waals surface area (Å²) < 4.78 is 5.07. The highest BCUT2D eigenvalue weighted by atomic mass is 35.5. The Labute approximate surface area is 131 Å². The summed E-state index contributed by atoms with van der Waals surface area (Å²) in [7, 11) is 0. The maximum atomic E-state index is 12.0. The zero-order valence-electron chi connectivity index (χ0n) is 11.5. The molecule has 3 nitrogen and oxygen atoms in total. The molecule has 0 saturated heterocycles. The molecule has 0 aromatic carbocycles. The molecule has 0 unspecified atom stereocenters. The monoisotopic (exact) mass is 329 g/mol. The Bertz CT molecular complexity index is 631. The van der Waals surface area contributed by atoms with Gasteiger partial charge in [-0.2, -0.15) is 0 Å². The molecule has 6 heteroatoms. The number of anilines is 1. The molecule has 20 heavy (non-hydrogen) atoms. The summed E-state index contributed by atoms with van der Waals surface area (Å²) in [6, 6.07) is 1.85. The molecule has 2 heterocycles. The Balaban J connectivity index is 2.60. The van der Waals surface area contributed by atoms with Gasteiger partial charge in [-0.25, -0.2) is 4.79 Å². The minimum absolute atomic E-state index is 0.211. The van der Waals surface area contributed by atoms with Gasteiger partial charge in [0.1, 0.15) is 4.88 Å². The second-order valence-electron chi connectivity index (χ2n) is 4.56. The highest BCUT2D eigenvalue weighted by molar-refractivity contribution is 7.23. The standard InChI is InChI=1S/C14H16ClNO2S2/c1-4-18-14(17)13-10(16)9(7(2)3)12(20-13)11-8(15)5-6-19-11/h5-7H,4,16H2,1-3H3. The van der Waals surface area contributed by atoms with Crippen molar-refractivity contribution < 1.29 is 9.53 Å². The first-order valence-electron chi connectivity index (χ1n) is 6.30. The van der Waals surface area contributed by atoms with E-state index < -0.39 is 0 Å². The van der Waals surface area contributed by atoms with E-state index in [9.17, 15) is 4.79 Å². The molecule has 0 aliphatic rings. The van der Waals surface area contributed by atoms with Gasteiger partial charge in [0.15, 0.2) is 0 Å². The quantitative estimate of drug-likeness (QED) is 0.802. The highest BCUT2D eigenvalue weighted by Gasteiger charge is 2.25. The molecule has 0 radical (unpaired) electrons. The largest absolute Gasteiger partial charge is 0.462 e. The third-order valence-corrected chi connectivity index (χ3v) is 5.55. The second kappa shape index (κ2) is 6.16. The van der Waals surface area contributed by atoms with Crippen molar-refractivity contribution in [2.24, 2.45) is 0 Å². The van der Waals surface area contributed by atoms with E-state index >= 15 is 0 Å². The fourth-order valence-corrected chi connectivity index (χ4v) is 4.66. The summed E-state index contributed by atoms with van der Waals surface area (Å²) in [6.07, 6.45) is 0. The van der Waals surface area contributed by atoms with Crippen molar-refractivity contribution in [1.29, 1.82) is 0 Å². The first-order chi connectivity index (χ1) is 9.47. The van der Waals surface area contributed by atoms with E-state index in [2.05, 4.69) is 13.8 Å². The summed E-state index contributed by atoms with van der Waals surface area (Å²) in [6.45, 7) is 6.22. The van der Waals surface area contributed by atoms with Crippen molar-refractivity contribution in [1.82, 2.24) is 0 Å². The third-order valence-electron chi connectivity index (χ3n) is 2.85. The van der Waals surface area contributed by atoms with Crippen LogP contribution < -0.4 is 5.73 Å². The predicted molar refractivity (Wildman–Crippen MR) is 87.1 cm³/mol. The molecule has 2 N–H and O–H groups in total. The number of thiophene rings is 2. The van der Waals surface area contributed by atoms with Gasteiger partial charge in [-0.05, 0) is 29.9 Å². The lowest BCUT2D eigenvalue weighted by molar-refractivity contribution is 0.0533. The fourth-order valence-electron chi connectivity index (χ4n) is 2.00. The fraction of sp³-hybridized carbons (Fsp3) is 0.357. The van der Waals surface area contributed by atoms with Crippen LogP contribution in [-0.2, 0) is 4.74 Å². The van der Waals surface area contributed by atoms with E-state index in [1.807, 2.05) is 11.4 Å². The first kappa shape index (κ1) is 15.4. The van der Waals surface area contributed by atoms with E-state index in [4.69, 9.17) is 22.1 Å². The minimum Gasteiger partial charge on any atom is -0.462 e. The summed E-state index contributed by atoms with van der Waals surface area (Å²) in [5.41, 5.74) is 7.65. The molecular formula is C14H16ClNO2S2. The van der Waals surface area contributed by atoms with Crippen LogP contribution >= 0.6 is 34.3 Å². The lowest BCUT2D eigenvalue weighted by atomic mass is 10.0. The van der Waals surface area contributed by atoms with E-state index in [0.29, 0.717) is 22.2 Å². The topological polar surface area (TPSA) is 52.3 Å². The summed E-state index contributed by atoms with van der Waals surface area (Å²) >= 11 is 9.13. The average molecular weight is 330 g/mol. The maximum Gasteiger partial charge on any atom is 0.350 e. The molecule has 0 aliphatic heterocycles. The van der Waals surface area contributed by atoms with Gasteiger partial charge in [-0.15, -0.1) is 22.7 Å². The van der Waals surface area contributed by atoms with Crippen molar-refractivity contribution in [2.75, 3.05) is 12.3 Å². The van der Waals surface area contributed by atoms with Crippen molar-refractivity contribution in [3.05, 3.63) is 26.9 Å². The first-order valence-corrected chi connectivity index (χ1v) is 8.37. The number of nitrogen functional groups attached to an aromatic ring is 1. The van der Waals surface area contributed by atoms with Gasteiger partial charge in [0, 0.05) is 0 Å². The van der Waals surface area contributed by atoms with Gasteiger partial charge in [-0.3, -0.25) is 0 Å². The van der Waals surface area contributed by atoms with Crippen LogP contribution in [0, 0.1) is 0 Å². The van der Waals surface area contributed by atoms with Crippen molar-refractivity contribution in [3.8, 4) is 9.75 Å². The van der Waals surface area contributed by atoms with Gasteiger partial charge >= 0.3 is 5.97 Å². The Hall–Kier alpha value is -1.04. The molecule has 2 rings (SSSR count). The molecule has 0 fully saturated rings. The van der Waals surface area contributed by atoms with Gasteiger partial charge in [-0.1, -0.05) is 25.4 Å². The van der Waals surface area contributed by atoms with Crippen LogP contribution in [0.5, 0.6) is 0 Å². The molecule has 0 saturated carbocycles. The van der Waals surface area contributed by atoms with Crippen molar-refractivity contribution in [2.45, 2.75) is 26.7 Å². The van der Waals surface area contributed by atoms with Crippen molar-refractivity contribution in [3.63, 3.8) is 0 Å². The number of carbonyl (C=O) groups is 1. The second-order valence-corrected chi connectivity index (χ2v) is 6.90. The van der Waals surface area contributed by atoms with E-state index in [-0.39, 0.29) is 11.9 Å².